The summed E-state index contributed by atoms with van der Waals surface area (Å²) in [6, 6.07) is 8.09. The molecule has 2 aromatic heterocycles. The topological polar surface area (TPSA) is 51.0 Å². The molecule has 0 aliphatic carbocycles. The smallest absolute Gasteiger partial charge is 0.255 e. The zero-order valence-corrected chi connectivity index (χ0v) is 13.3. The Hall–Kier alpha value is -2.21. The highest BCUT2D eigenvalue weighted by molar-refractivity contribution is 7.17. The van der Waals surface area contributed by atoms with E-state index in [1.807, 2.05) is 34.7 Å². The molecule has 0 saturated carbocycles. The van der Waals surface area contributed by atoms with E-state index in [0.29, 0.717) is 6.04 Å². The molecule has 0 radical (unpaired) electrons. The average molecular weight is 312 g/mol. The molecule has 0 N–H and O–H groups in total. The van der Waals surface area contributed by atoms with E-state index in [-0.39, 0.29) is 5.91 Å². The van der Waals surface area contributed by atoms with Crippen molar-refractivity contribution in [2.45, 2.75) is 19.9 Å². The lowest BCUT2D eigenvalue weighted by Gasteiger charge is -2.39. The van der Waals surface area contributed by atoms with Crippen molar-refractivity contribution < 1.29 is 4.79 Å². The van der Waals surface area contributed by atoms with Crippen LogP contribution in [0.3, 0.4) is 0 Å². The fourth-order valence-corrected chi connectivity index (χ4v) is 3.81. The Balaban J connectivity index is 1.54. The second-order valence-electron chi connectivity index (χ2n) is 5.74. The number of hydrogen-bond donors (Lipinski definition) is 0. The van der Waals surface area contributed by atoms with Crippen molar-refractivity contribution in [3.05, 3.63) is 46.7 Å². The molecule has 0 bridgehead atoms. The summed E-state index contributed by atoms with van der Waals surface area (Å²) in [4.78, 5) is 18.8. The monoisotopic (exact) mass is 312 g/mol. The molecule has 1 aliphatic rings. The standard InChI is InChI=1S/C16H16N4OS/c1-10-6-11(2)20(18-10)12-7-19(8-12)16(21)13-4-3-5-14-15(13)22-9-17-14/h3-6,9,12H,7-8H2,1-2H3. The van der Waals surface area contributed by atoms with Crippen LogP contribution < -0.4 is 0 Å². The number of amides is 1. The zero-order valence-electron chi connectivity index (χ0n) is 12.5. The molecule has 1 fully saturated rings. The lowest BCUT2D eigenvalue weighted by Crippen LogP contribution is -2.51. The third-order valence-electron chi connectivity index (χ3n) is 4.13. The molecule has 112 valence electrons. The third kappa shape index (κ3) is 2.02. The predicted molar refractivity (Wildman–Crippen MR) is 86.3 cm³/mol. The maximum Gasteiger partial charge on any atom is 0.255 e. The van der Waals surface area contributed by atoms with Crippen molar-refractivity contribution in [1.82, 2.24) is 19.7 Å². The number of hydrogen-bond acceptors (Lipinski definition) is 4. The summed E-state index contributed by atoms with van der Waals surface area (Å²) in [5, 5.41) is 4.51. The van der Waals surface area contributed by atoms with Gasteiger partial charge in [-0.15, -0.1) is 11.3 Å². The molecule has 6 heteroatoms. The summed E-state index contributed by atoms with van der Waals surface area (Å²) in [6.45, 7) is 5.49. The maximum atomic E-state index is 12.7. The fraction of sp³-hybridized carbons (Fsp3) is 0.312. The van der Waals surface area contributed by atoms with Gasteiger partial charge in [0, 0.05) is 18.8 Å². The number of carbonyl (C=O) groups is 1. The highest BCUT2D eigenvalue weighted by Crippen LogP contribution is 2.28. The molecule has 1 amide bonds. The predicted octanol–water partition coefficient (Wildman–Crippen LogP) is 2.81. The fourth-order valence-electron chi connectivity index (χ4n) is 3.02. The van der Waals surface area contributed by atoms with E-state index < -0.39 is 0 Å². The van der Waals surface area contributed by atoms with Gasteiger partial charge in [-0.2, -0.15) is 5.10 Å². The minimum absolute atomic E-state index is 0.0904. The van der Waals surface area contributed by atoms with E-state index in [2.05, 4.69) is 23.1 Å². The molecule has 0 spiro atoms. The molecular formula is C16H16N4OS. The van der Waals surface area contributed by atoms with Crippen LogP contribution in [0.2, 0.25) is 0 Å². The summed E-state index contributed by atoms with van der Waals surface area (Å²) in [5.41, 5.74) is 5.62. The largest absolute Gasteiger partial charge is 0.334 e. The zero-order chi connectivity index (χ0) is 15.3. The number of benzene rings is 1. The van der Waals surface area contributed by atoms with Crippen LogP contribution in [0.4, 0.5) is 0 Å². The summed E-state index contributed by atoms with van der Waals surface area (Å²) >= 11 is 1.52. The minimum Gasteiger partial charge on any atom is -0.334 e. The Kier molecular flexibility index (Phi) is 3.00. The summed E-state index contributed by atoms with van der Waals surface area (Å²) in [7, 11) is 0. The van der Waals surface area contributed by atoms with E-state index in [1.54, 1.807) is 5.51 Å². The molecule has 3 heterocycles. The van der Waals surface area contributed by atoms with E-state index in [1.165, 1.54) is 11.3 Å². The Bertz CT molecular complexity index is 860. The van der Waals surface area contributed by atoms with E-state index in [9.17, 15) is 4.79 Å². The van der Waals surface area contributed by atoms with Gasteiger partial charge in [0.2, 0.25) is 0 Å². The molecule has 22 heavy (non-hydrogen) atoms. The van der Waals surface area contributed by atoms with Gasteiger partial charge in [0.1, 0.15) is 0 Å². The molecule has 0 atom stereocenters. The first-order chi connectivity index (χ1) is 10.6. The van der Waals surface area contributed by atoms with Crippen LogP contribution in [0, 0.1) is 13.8 Å². The van der Waals surface area contributed by atoms with Gasteiger partial charge in [-0.3, -0.25) is 9.48 Å². The van der Waals surface area contributed by atoms with Crippen LogP contribution in [0.25, 0.3) is 10.2 Å². The highest BCUT2D eigenvalue weighted by Gasteiger charge is 2.34. The van der Waals surface area contributed by atoms with Crippen LogP contribution in [0.5, 0.6) is 0 Å². The molecule has 3 aromatic rings. The van der Waals surface area contributed by atoms with Crippen LogP contribution in [0.15, 0.2) is 29.8 Å². The molecule has 1 aliphatic heterocycles. The van der Waals surface area contributed by atoms with Gasteiger partial charge in [0.05, 0.1) is 33.0 Å². The van der Waals surface area contributed by atoms with E-state index >= 15 is 0 Å². The van der Waals surface area contributed by atoms with Crippen molar-refractivity contribution in [3.8, 4) is 0 Å². The van der Waals surface area contributed by atoms with Gasteiger partial charge in [0.25, 0.3) is 5.91 Å². The third-order valence-corrected chi connectivity index (χ3v) is 5.00. The second-order valence-corrected chi connectivity index (χ2v) is 6.60. The number of aryl methyl sites for hydroxylation is 2. The van der Waals surface area contributed by atoms with Gasteiger partial charge in [0.15, 0.2) is 0 Å². The number of likely N-dealkylation sites (tertiary alicyclic amines) is 1. The number of nitrogens with zero attached hydrogens (tertiary/aromatic N) is 4. The number of thiazole rings is 1. The first-order valence-corrected chi connectivity index (χ1v) is 8.15. The molecule has 1 aromatic carbocycles. The van der Waals surface area contributed by atoms with Gasteiger partial charge in [-0.25, -0.2) is 4.98 Å². The van der Waals surface area contributed by atoms with Crippen molar-refractivity contribution in [2.24, 2.45) is 0 Å². The first kappa shape index (κ1) is 13.5. The van der Waals surface area contributed by atoms with E-state index in [4.69, 9.17) is 0 Å². The van der Waals surface area contributed by atoms with Gasteiger partial charge >= 0.3 is 0 Å². The molecular weight excluding hydrogens is 296 g/mol. The summed E-state index contributed by atoms with van der Waals surface area (Å²) in [6.07, 6.45) is 0. The SMILES string of the molecule is Cc1cc(C)n(C2CN(C(=O)c3cccc4ncsc34)C2)n1. The highest BCUT2D eigenvalue weighted by atomic mass is 32.1. The van der Waals surface area contributed by atoms with Crippen LogP contribution in [-0.2, 0) is 0 Å². The summed E-state index contributed by atoms with van der Waals surface area (Å²) in [5.74, 6) is 0.0904. The van der Waals surface area contributed by atoms with Crippen molar-refractivity contribution >= 4 is 27.5 Å². The summed E-state index contributed by atoms with van der Waals surface area (Å²) < 4.78 is 3.01. The lowest BCUT2D eigenvalue weighted by molar-refractivity contribution is 0.0500. The maximum absolute atomic E-state index is 12.7. The number of aromatic nitrogens is 3. The van der Waals surface area contributed by atoms with Crippen molar-refractivity contribution in [3.63, 3.8) is 0 Å². The Morgan fingerprint density at radius 2 is 2.14 bits per heavy atom. The first-order valence-electron chi connectivity index (χ1n) is 7.28. The van der Waals surface area contributed by atoms with Crippen molar-refractivity contribution in [2.75, 3.05) is 13.1 Å². The average Bonchev–Trinajstić information content (AvgIpc) is 3.03. The molecule has 5 nitrogen and oxygen atoms in total. The second kappa shape index (κ2) is 4.91. The van der Waals surface area contributed by atoms with Crippen LogP contribution in [-0.4, -0.2) is 38.7 Å². The van der Waals surface area contributed by atoms with Crippen LogP contribution >= 0.6 is 11.3 Å². The van der Waals surface area contributed by atoms with Crippen molar-refractivity contribution in [1.29, 1.82) is 0 Å². The number of fused-ring (bicyclic) bond motifs is 1. The normalized spacial score (nSPS) is 15.3. The minimum atomic E-state index is 0.0904. The lowest BCUT2D eigenvalue weighted by atomic mass is 10.1. The Labute approximate surface area is 132 Å². The Morgan fingerprint density at radius 3 is 2.86 bits per heavy atom. The quantitative estimate of drug-likeness (QED) is 0.731. The Morgan fingerprint density at radius 1 is 1.32 bits per heavy atom. The van der Waals surface area contributed by atoms with Crippen LogP contribution in [0.1, 0.15) is 27.8 Å². The molecule has 1 saturated heterocycles. The number of rotatable bonds is 2. The number of carbonyl (C=O) groups excluding carboxylic acids is 1. The van der Waals surface area contributed by atoms with Gasteiger partial charge in [-0.1, -0.05) is 6.07 Å². The van der Waals surface area contributed by atoms with Gasteiger partial charge < -0.3 is 4.90 Å². The molecule has 4 rings (SSSR count). The molecule has 0 unspecified atom stereocenters. The van der Waals surface area contributed by atoms with E-state index in [0.717, 1.165) is 40.3 Å². The van der Waals surface area contributed by atoms with Gasteiger partial charge in [-0.05, 0) is 32.0 Å².